The lowest BCUT2D eigenvalue weighted by Gasteiger charge is -2.32. The molecule has 1 atom stereocenters. The number of H-pyrrole nitrogens is 1. The maximum atomic E-state index is 14.0. The number of methoxy groups -OCH3 is 1. The molecule has 4 aromatic rings. The van der Waals surface area contributed by atoms with Crippen LogP contribution in [0.3, 0.4) is 0 Å². The number of nitrogens with zero attached hydrogens (tertiary/aromatic N) is 2. The van der Waals surface area contributed by atoms with E-state index < -0.39 is 0 Å². The van der Waals surface area contributed by atoms with Crippen LogP contribution in [0.5, 0.6) is 0 Å². The lowest BCUT2D eigenvalue weighted by Crippen LogP contribution is -2.38. The van der Waals surface area contributed by atoms with Gasteiger partial charge in [0, 0.05) is 36.2 Å². The van der Waals surface area contributed by atoms with E-state index in [0.717, 1.165) is 79.1 Å². The van der Waals surface area contributed by atoms with Crippen LogP contribution in [0.4, 0.5) is 4.39 Å². The molecule has 0 unspecified atom stereocenters. The van der Waals surface area contributed by atoms with Gasteiger partial charge < -0.3 is 15.0 Å². The largest absolute Gasteiger partial charge is 0.381 e. The van der Waals surface area contributed by atoms with Crippen molar-refractivity contribution < 1.29 is 13.9 Å². The number of aromatic amines is 1. The van der Waals surface area contributed by atoms with Crippen LogP contribution in [-0.4, -0.2) is 40.1 Å². The lowest BCUT2D eigenvalue weighted by atomic mass is 9.73. The van der Waals surface area contributed by atoms with Crippen LogP contribution >= 0.6 is 0 Å². The molecule has 2 aliphatic rings. The van der Waals surface area contributed by atoms with Gasteiger partial charge in [-0.15, -0.1) is 0 Å². The summed E-state index contributed by atoms with van der Waals surface area (Å²) in [5.74, 6) is 1.99. The molecule has 39 heavy (non-hydrogen) atoms. The molecule has 7 heteroatoms. The number of aromatic nitrogens is 3. The summed E-state index contributed by atoms with van der Waals surface area (Å²) in [6, 6.07) is 12.9. The number of ether oxygens (including phenoxy) is 1. The number of fused-ring (bicyclic) bond motifs is 2. The van der Waals surface area contributed by atoms with Gasteiger partial charge in [-0.1, -0.05) is 6.92 Å². The van der Waals surface area contributed by atoms with Crippen LogP contribution in [0.2, 0.25) is 0 Å². The van der Waals surface area contributed by atoms with Crippen molar-refractivity contribution in [3.63, 3.8) is 0 Å². The Kier molecular flexibility index (Phi) is 7.34. The number of halogens is 1. The van der Waals surface area contributed by atoms with Crippen molar-refractivity contribution >= 4 is 27.8 Å². The second-order valence-electron chi connectivity index (χ2n) is 11.5. The highest BCUT2D eigenvalue weighted by atomic mass is 19.1. The fourth-order valence-corrected chi connectivity index (χ4v) is 6.75. The van der Waals surface area contributed by atoms with E-state index in [0.29, 0.717) is 29.4 Å². The van der Waals surface area contributed by atoms with Crippen LogP contribution in [0.1, 0.15) is 91.9 Å². The number of carbonyl (C=O) groups is 1. The number of rotatable bonds is 6. The first kappa shape index (κ1) is 25.9. The molecular weight excluding hydrogens is 491 g/mol. The van der Waals surface area contributed by atoms with Crippen molar-refractivity contribution in [1.29, 1.82) is 0 Å². The summed E-state index contributed by atoms with van der Waals surface area (Å²) in [4.78, 5) is 25.8. The Morgan fingerprint density at radius 3 is 2.54 bits per heavy atom. The third kappa shape index (κ3) is 5.42. The van der Waals surface area contributed by atoms with E-state index in [9.17, 15) is 9.18 Å². The molecule has 0 radical (unpaired) electrons. The standard InChI is InChI=1S/C32H37FN4O2/c1-19(20-3-5-21(6-4-20)26-15-16-34-28-14-8-23(33)18-27(26)28)31-36-29-13-7-22(17-30(29)37-31)32(38)35-24-9-11-25(39-2)12-10-24/h7-8,13-21,24-25H,3-6,9-12H2,1-2H3,(H,35,38)(H,36,37)/t19-,20-,21-,24?,25?/m1/s1. The molecule has 2 N–H and O–H groups in total. The lowest BCUT2D eigenvalue weighted by molar-refractivity contribution is 0.0599. The van der Waals surface area contributed by atoms with Gasteiger partial charge >= 0.3 is 0 Å². The molecule has 0 bridgehead atoms. The Labute approximate surface area is 228 Å². The molecule has 6 rings (SSSR count). The van der Waals surface area contributed by atoms with Gasteiger partial charge in [-0.05, 0) is 111 Å². The van der Waals surface area contributed by atoms with Gasteiger partial charge in [0.2, 0.25) is 0 Å². The van der Waals surface area contributed by atoms with Crippen molar-refractivity contribution in [1.82, 2.24) is 20.3 Å². The van der Waals surface area contributed by atoms with E-state index >= 15 is 0 Å². The summed E-state index contributed by atoms with van der Waals surface area (Å²) in [7, 11) is 1.76. The number of hydrogen-bond acceptors (Lipinski definition) is 4. The molecule has 6 nitrogen and oxygen atoms in total. The number of imidazole rings is 1. The Bertz CT molecular complexity index is 1470. The maximum Gasteiger partial charge on any atom is 0.251 e. The van der Waals surface area contributed by atoms with E-state index in [1.807, 2.05) is 24.4 Å². The minimum atomic E-state index is -0.209. The number of hydrogen-bond donors (Lipinski definition) is 2. The van der Waals surface area contributed by atoms with Gasteiger partial charge in [0.25, 0.3) is 5.91 Å². The number of pyridine rings is 1. The van der Waals surface area contributed by atoms with Crippen LogP contribution < -0.4 is 5.32 Å². The fourth-order valence-electron chi connectivity index (χ4n) is 6.75. The number of nitrogens with one attached hydrogen (secondary N) is 2. The topological polar surface area (TPSA) is 79.9 Å². The molecule has 2 heterocycles. The minimum Gasteiger partial charge on any atom is -0.381 e. The number of benzene rings is 2. The molecule has 0 saturated heterocycles. The van der Waals surface area contributed by atoms with Crippen LogP contribution in [-0.2, 0) is 4.74 Å². The van der Waals surface area contributed by atoms with Gasteiger partial charge in [0.1, 0.15) is 11.6 Å². The molecule has 2 aliphatic carbocycles. The minimum absolute atomic E-state index is 0.0243. The molecule has 0 spiro atoms. The SMILES string of the molecule is COC1CCC(NC(=O)c2ccc3nc([C@H](C)[C@H]4CC[C@H](c5ccnc6ccc(F)cc65)CC4)[nH]c3c2)CC1. The molecular formula is C32H37FN4O2. The first-order valence-electron chi connectivity index (χ1n) is 14.4. The van der Waals surface area contributed by atoms with Gasteiger partial charge in [-0.2, -0.15) is 0 Å². The van der Waals surface area contributed by atoms with Gasteiger partial charge in [-0.3, -0.25) is 9.78 Å². The van der Waals surface area contributed by atoms with Crippen molar-refractivity contribution in [3.8, 4) is 0 Å². The average molecular weight is 529 g/mol. The quantitative estimate of drug-likeness (QED) is 0.282. The molecule has 2 fully saturated rings. The smallest absolute Gasteiger partial charge is 0.251 e. The van der Waals surface area contributed by atoms with Crippen molar-refractivity contribution in [2.45, 2.75) is 82.3 Å². The van der Waals surface area contributed by atoms with Gasteiger partial charge in [0.15, 0.2) is 0 Å². The molecule has 2 aromatic carbocycles. The monoisotopic (exact) mass is 528 g/mol. The molecule has 204 valence electrons. The maximum absolute atomic E-state index is 14.0. The first-order chi connectivity index (χ1) is 19.0. The van der Waals surface area contributed by atoms with Gasteiger partial charge in [-0.25, -0.2) is 9.37 Å². The summed E-state index contributed by atoms with van der Waals surface area (Å²) < 4.78 is 19.4. The highest BCUT2D eigenvalue weighted by Gasteiger charge is 2.29. The Balaban J connectivity index is 1.10. The third-order valence-corrected chi connectivity index (χ3v) is 9.19. The highest BCUT2D eigenvalue weighted by molar-refractivity contribution is 5.97. The van der Waals surface area contributed by atoms with Crippen LogP contribution in [0, 0.1) is 11.7 Å². The summed E-state index contributed by atoms with van der Waals surface area (Å²) in [6.45, 7) is 2.25. The number of amides is 1. The van der Waals surface area contributed by atoms with Crippen molar-refractivity contribution in [2.75, 3.05) is 7.11 Å². The van der Waals surface area contributed by atoms with E-state index in [4.69, 9.17) is 9.72 Å². The van der Waals surface area contributed by atoms with E-state index in [1.54, 1.807) is 19.2 Å². The van der Waals surface area contributed by atoms with Crippen LogP contribution in [0.15, 0.2) is 48.7 Å². The second kappa shape index (κ2) is 11.0. The summed E-state index contributed by atoms with van der Waals surface area (Å²) in [5, 5.41) is 4.14. The summed E-state index contributed by atoms with van der Waals surface area (Å²) in [5.41, 5.74) is 4.55. The molecule has 0 aliphatic heterocycles. The summed E-state index contributed by atoms with van der Waals surface area (Å²) in [6.07, 6.45) is 10.4. The third-order valence-electron chi connectivity index (χ3n) is 9.19. The van der Waals surface area contributed by atoms with Crippen molar-refractivity contribution in [2.24, 2.45) is 5.92 Å². The Morgan fingerprint density at radius 1 is 1.00 bits per heavy atom. The fraction of sp³-hybridized carbons (Fsp3) is 0.469. The predicted molar refractivity (Wildman–Crippen MR) is 151 cm³/mol. The number of carbonyl (C=O) groups excluding carboxylic acids is 1. The van der Waals surface area contributed by atoms with Crippen molar-refractivity contribution in [3.05, 3.63) is 71.4 Å². The molecule has 2 aromatic heterocycles. The molecule has 2 saturated carbocycles. The zero-order valence-electron chi connectivity index (χ0n) is 22.8. The predicted octanol–water partition coefficient (Wildman–Crippen LogP) is 7.02. The van der Waals surface area contributed by atoms with Crippen LogP contribution in [0.25, 0.3) is 21.9 Å². The second-order valence-corrected chi connectivity index (χ2v) is 11.5. The van der Waals surface area contributed by atoms with E-state index in [-0.39, 0.29) is 17.8 Å². The first-order valence-corrected chi connectivity index (χ1v) is 14.4. The molecule has 1 amide bonds. The normalized spacial score (nSPS) is 24.6. The zero-order chi connectivity index (χ0) is 26.9. The Morgan fingerprint density at radius 2 is 1.77 bits per heavy atom. The van der Waals surface area contributed by atoms with Gasteiger partial charge in [0.05, 0.1) is 22.7 Å². The summed E-state index contributed by atoms with van der Waals surface area (Å²) >= 11 is 0. The zero-order valence-corrected chi connectivity index (χ0v) is 22.8. The van der Waals surface area contributed by atoms with E-state index in [2.05, 4.69) is 28.3 Å². The van der Waals surface area contributed by atoms with E-state index in [1.165, 1.54) is 11.6 Å². The Hall–Kier alpha value is -3.32. The highest BCUT2D eigenvalue weighted by Crippen LogP contribution is 2.43. The average Bonchev–Trinajstić information content (AvgIpc) is 3.40.